The summed E-state index contributed by atoms with van der Waals surface area (Å²) in [5.74, 6) is 0.823. The van der Waals surface area contributed by atoms with Gasteiger partial charge >= 0.3 is 0 Å². The second kappa shape index (κ2) is 8.77. The van der Waals surface area contributed by atoms with E-state index < -0.39 is 6.04 Å². The van der Waals surface area contributed by atoms with Crippen molar-refractivity contribution in [3.8, 4) is 5.75 Å². The number of amides is 1. The maximum atomic E-state index is 11.7. The average molecular weight is 287 g/mol. The lowest BCUT2D eigenvalue weighted by Crippen LogP contribution is -2.42. The first-order chi connectivity index (χ1) is 8.56. The Labute approximate surface area is 121 Å². The number of para-hydroxylation sites is 1. The molecule has 0 aliphatic heterocycles. The van der Waals surface area contributed by atoms with Gasteiger partial charge in [-0.15, -0.1) is 12.4 Å². The summed E-state index contributed by atoms with van der Waals surface area (Å²) >= 11 is 0. The summed E-state index contributed by atoms with van der Waals surface area (Å²) in [6.07, 6.45) is 0.655. The fraction of sp³-hybridized carbons (Fsp3) is 0.500. The molecule has 0 saturated heterocycles. The quantitative estimate of drug-likeness (QED) is 0.870. The molecule has 5 heteroatoms. The molecule has 1 rings (SSSR count). The number of carbonyl (C=O) groups is 1. The van der Waals surface area contributed by atoms with Gasteiger partial charge in [0.15, 0.2) is 0 Å². The van der Waals surface area contributed by atoms with Crippen LogP contribution in [-0.2, 0) is 4.79 Å². The Kier molecular flexibility index (Phi) is 8.19. The first-order valence-corrected chi connectivity index (χ1v) is 6.25. The Morgan fingerprint density at radius 1 is 1.42 bits per heavy atom. The van der Waals surface area contributed by atoms with Gasteiger partial charge in [-0.2, -0.15) is 0 Å². The minimum absolute atomic E-state index is 0. The van der Waals surface area contributed by atoms with Crippen LogP contribution in [0.4, 0.5) is 0 Å². The molecule has 0 spiro atoms. The van der Waals surface area contributed by atoms with Crippen molar-refractivity contribution in [3.05, 3.63) is 29.8 Å². The predicted octanol–water partition coefficient (Wildman–Crippen LogP) is 1.99. The van der Waals surface area contributed by atoms with E-state index in [1.807, 2.05) is 38.1 Å². The van der Waals surface area contributed by atoms with Gasteiger partial charge in [-0.05, 0) is 25.0 Å². The number of nitrogens with two attached hydrogens (primary N) is 1. The van der Waals surface area contributed by atoms with Gasteiger partial charge in [-0.1, -0.05) is 25.1 Å². The molecule has 1 amide bonds. The van der Waals surface area contributed by atoms with E-state index in [0.29, 0.717) is 19.6 Å². The Morgan fingerprint density at radius 3 is 2.63 bits per heavy atom. The number of nitrogens with zero attached hydrogens (tertiary/aromatic N) is 1. The number of likely N-dealkylation sites (N-methyl/N-ethyl adjacent to an activating group) is 1. The standard InChI is InChI=1S/C14H22N2O2.ClH/c1-4-12(15)14(17)16(3)9-10-18-13-8-6-5-7-11(13)2;/h5-8,12H,4,9-10,15H2,1-3H3;1H/t12-;/m0./s1. The molecule has 0 fully saturated rings. The van der Waals surface area contributed by atoms with Crippen molar-refractivity contribution in [1.29, 1.82) is 0 Å². The highest BCUT2D eigenvalue weighted by Crippen LogP contribution is 2.15. The first-order valence-electron chi connectivity index (χ1n) is 6.25. The highest BCUT2D eigenvalue weighted by Gasteiger charge is 2.15. The van der Waals surface area contributed by atoms with Gasteiger partial charge in [0, 0.05) is 7.05 Å². The third-order valence-corrected chi connectivity index (χ3v) is 2.91. The highest BCUT2D eigenvalue weighted by atomic mass is 35.5. The largest absolute Gasteiger partial charge is 0.491 e. The molecule has 1 atom stereocenters. The third kappa shape index (κ3) is 5.49. The summed E-state index contributed by atoms with van der Waals surface area (Å²) in [5, 5.41) is 0. The van der Waals surface area contributed by atoms with Crippen molar-refractivity contribution in [2.75, 3.05) is 20.2 Å². The topological polar surface area (TPSA) is 55.6 Å². The van der Waals surface area contributed by atoms with Gasteiger partial charge in [0.05, 0.1) is 12.6 Å². The normalized spacial score (nSPS) is 11.4. The number of benzene rings is 1. The van der Waals surface area contributed by atoms with Crippen LogP contribution in [0.1, 0.15) is 18.9 Å². The molecule has 0 aliphatic carbocycles. The Morgan fingerprint density at radius 2 is 2.05 bits per heavy atom. The molecule has 0 saturated carbocycles. The van der Waals surface area contributed by atoms with Crippen LogP contribution < -0.4 is 10.5 Å². The van der Waals surface area contributed by atoms with Gasteiger partial charge in [-0.25, -0.2) is 0 Å². The van der Waals surface area contributed by atoms with Crippen LogP contribution in [0.3, 0.4) is 0 Å². The van der Waals surface area contributed by atoms with Crippen molar-refractivity contribution in [2.45, 2.75) is 26.3 Å². The van der Waals surface area contributed by atoms with E-state index in [1.54, 1.807) is 11.9 Å². The van der Waals surface area contributed by atoms with Crippen molar-refractivity contribution < 1.29 is 9.53 Å². The molecule has 4 nitrogen and oxygen atoms in total. The zero-order chi connectivity index (χ0) is 13.5. The van der Waals surface area contributed by atoms with Gasteiger partial charge < -0.3 is 15.4 Å². The summed E-state index contributed by atoms with van der Waals surface area (Å²) in [5.41, 5.74) is 6.79. The molecule has 2 N–H and O–H groups in total. The van der Waals surface area contributed by atoms with Crippen molar-refractivity contribution in [2.24, 2.45) is 5.73 Å². The van der Waals surface area contributed by atoms with Crippen LogP contribution in [-0.4, -0.2) is 37.0 Å². The molecule has 1 aromatic carbocycles. The van der Waals surface area contributed by atoms with Gasteiger partial charge in [-0.3, -0.25) is 4.79 Å². The van der Waals surface area contributed by atoms with Gasteiger partial charge in [0.25, 0.3) is 0 Å². The number of ether oxygens (including phenoxy) is 1. The molecular weight excluding hydrogens is 264 g/mol. The summed E-state index contributed by atoms with van der Waals surface area (Å²) in [6.45, 7) is 4.92. The molecule has 1 aromatic rings. The summed E-state index contributed by atoms with van der Waals surface area (Å²) < 4.78 is 5.64. The Bertz CT molecular complexity index is 399. The molecule has 0 radical (unpaired) electrons. The maximum absolute atomic E-state index is 11.7. The van der Waals surface area contributed by atoms with E-state index in [2.05, 4.69) is 0 Å². The smallest absolute Gasteiger partial charge is 0.239 e. The van der Waals surface area contributed by atoms with E-state index in [0.717, 1.165) is 11.3 Å². The number of halogens is 1. The van der Waals surface area contributed by atoms with Gasteiger partial charge in [0.2, 0.25) is 5.91 Å². The summed E-state index contributed by atoms with van der Waals surface area (Å²) in [7, 11) is 1.75. The fourth-order valence-corrected chi connectivity index (χ4v) is 1.58. The van der Waals surface area contributed by atoms with Crippen LogP contribution in [0.25, 0.3) is 0 Å². The SMILES string of the molecule is CC[C@H](N)C(=O)N(C)CCOc1ccccc1C.Cl. The monoisotopic (exact) mass is 286 g/mol. The number of hydrogen-bond donors (Lipinski definition) is 1. The van der Waals surface area contributed by atoms with E-state index in [9.17, 15) is 4.79 Å². The molecule has 0 heterocycles. The van der Waals surface area contributed by atoms with E-state index >= 15 is 0 Å². The van der Waals surface area contributed by atoms with Crippen LogP contribution in [0.2, 0.25) is 0 Å². The van der Waals surface area contributed by atoms with Crippen molar-refractivity contribution in [3.63, 3.8) is 0 Å². The molecule has 0 unspecified atom stereocenters. The average Bonchev–Trinajstić information content (AvgIpc) is 2.39. The number of aryl methyl sites for hydroxylation is 1. The zero-order valence-electron chi connectivity index (χ0n) is 11.8. The Balaban J connectivity index is 0.00000324. The molecule has 0 aromatic heterocycles. The lowest BCUT2D eigenvalue weighted by Gasteiger charge is -2.20. The van der Waals surface area contributed by atoms with Crippen LogP contribution in [0.5, 0.6) is 5.75 Å². The molecule has 0 bridgehead atoms. The van der Waals surface area contributed by atoms with Crippen molar-refractivity contribution in [1.82, 2.24) is 4.90 Å². The van der Waals surface area contributed by atoms with Crippen LogP contribution in [0.15, 0.2) is 24.3 Å². The van der Waals surface area contributed by atoms with Gasteiger partial charge in [0.1, 0.15) is 12.4 Å². The third-order valence-electron chi connectivity index (χ3n) is 2.91. The minimum Gasteiger partial charge on any atom is -0.491 e. The number of hydrogen-bond acceptors (Lipinski definition) is 3. The van der Waals surface area contributed by atoms with E-state index in [-0.39, 0.29) is 18.3 Å². The highest BCUT2D eigenvalue weighted by molar-refractivity contribution is 5.85. The second-order valence-electron chi connectivity index (χ2n) is 4.39. The minimum atomic E-state index is -0.409. The van der Waals surface area contributed by atoms with E-state index in [4.69, 9.17) is 10.5 Å². The lowest BCUT2D eigenvalue weighted by molar-refractivity contribution is -0.131. The predicted molar refractivity (Wildman–Crippen MR) is 79.8 cm³/mol. The zero-order valence-corrected chi connectivity index (χ0v) is 12.6. The maximum Gasteiger partial charge on any atom is 0.239 e. The van der Waals surface area contributed by atoms with Crippen LogP contribution >= 0.6 is 12.4 Å². The summed E-state index contributed by atoms with van der Waals surface area (Å²) in [4.78, 5) is 13.3. The molecule has 0 aliphatic rings. The Hall–Kier alpha value is -1.26. The number of rotatable bonds is 6. The van der Waals surface area contributed by atoms with Crippen molar-refractivity contribution >= 4 is 18.3 Å². The molecule has 19 heavy (non-hydrogen) atoms. The number of carbonyl (C=O) groups excluding carboxylic acids is 1. The van der Waals surface area contributed by atoms with Crippen LogP contribution in [0, 0.1) is 6.92 Å². The lowest BCUT2D eigenvalue weighted by atomic mass is 10.2. The second-order valence-corrected chi connectivity index (χ2v) is 4.39. The molecule has 108 valence electrons. The summed E-state index contributed by atoms with van der Waals surface area (Å²) in [6, 6.07) is 7.42. The molecular formula is C14H23ClN2O2. The fourth-order valence-electron chi connectivity index (χ4n) is 1.58. The first kappa shape index (κ1) is 17.7. The van der Waals surface area contributed by atoms with E-state index in [1.165, 1.54) is 0 Å².